The third-order valence-electron chi connectivity index (χ3n) is 4.32. The fourth-order valence-corrected chi connectivity index (χ4v) is 2.94. The number of carbonyl (C=O) groups is 1. The highest BCUT2D eigenvalue weighted by molar-refractivity contribution is 5.90. The van der Waals surface area contributed by atoms with Crippen LogP contribution >= 0.6 is 0 Å². The zero-order valence-corrected chi connectivity index (χ0v) is 14.9. The minimum Gasteiger partial charge on any atom is -0.493 e. The first-order chi connectivity index (χ1) is 13.7. The number of ether oxygens (including phenoxy) is 2. The van der Waals surface area contributed by atoms with Crippen LogP contribution in [0.2, 0.25) is 0 Å². The molecule has 2 aromatic carbocycles. The van der Waals surface area contributed by atoms with E-state index < -0.39 is 12.0 Å². The van der Waals surface area contributed by atoms with Crippen LogP contribution in [0.5, 0.6) is 11.5 Å². The van der Waals surface area contributed by atoms with E-state index in [4.69, 9.17) is 9.47 Å². The Hall–Kier alpha value is -3.88. The molecule has 1 aromatic heterocycles. The molecule has 0 spiro atoms. The fourth-order valence-electron chi connectivity index (χ4n) is 2.94. The number of anilines is 1. The van der Waals surface area contributed by atoms with Gasteiger partial charge in [-0.15, -0.1) is 0 Å². The number of nitrogens with one attached hydrogen (secondary N) is 1. The molecule has 9 heteroatoms. The van der Waals surface area contributed by atoms with Crippen molar-refractivity contribution >= 4 is 11.9 Å². The minimum absolute atomic E-state index is 0.00988. The second-order valence-corrected chi connectivity index (χ2v) is 6.09. The molecule has 0 bridgehead atoms. The minimum atomic E-state index is -1.09. The van der Waals surface area contributed by atoms with Crippen LogP contribution in [-0.2, 0) is 11.4 Å². The predicted octanol–water partition coefficient (Wildman–Crippen LogP) is 2.24. The number of aliphatic carboxylic acids is 1. The van der Waals surface area contributed by atoms with Crippen molar-refractivity contribution in [2.45, 2.75) is 12.6 Å². The van der Waals surface area contributed by atoms with Crippen LogP contribution in [0.3, 0.4) is 0 Å². The van der Waals surface area contributed by atoms with Crippen LogP contribution in [0.15, 0.2) is 60.3 Å². The van der Waals surface area contributed by atoms with E-state index in [0.717, 1.165) is 11.1 Å². The average Bonchev–Trinajstić information content (AvgIpc) is 3.21. The maximum Gasteiger partial charge on any atom is 0.352 e. The van der Waals surface area contributed by atoms with Gasteiger partial charge in [0.25, 0.3) is 0 Å². The zero-order chi connectivity index (χ0) is 19.5. The van der Waals surface area contributed by atoms with Gasteiger partial charge in [-0.1, -0.05) is 41.5 Å². The van der Waals surface area contributed by atoms with Gasteiger partial charge in [-0.2, -0.15) is 4.68 Å². The van der Waals surface area contributed by atoms with Crippen molar-refractivity contribution in [2.24, 2.45) is 0 Å². The first-order valence-electron chi connectivity index (χ1n) is 8.50. The lowest BCUT2D eigenvalue weighted by Gasteiger charge is -2.22. The summed E-state index contributed by atoms with van der Waals surface area (Å²) in [6.45, 7) is 0.407. The molecule has 0 aliphatic carbocycles. The molecule has 0 radical (unpaired) electrons. The second kappa shape index (κ2) is 7.39. The van der Waals surface area contributed by atoms with E-state index in [-0.39, 0.29) is 11.6 Å². The normalized spacial score (nSPS) is 15.2. The van der Waals surface area contributed by atoms with Gasteiger partial charge >= 0.3 is 5.97 Å². The molecule has 0 fully saturated rings. The van der Waals surface area contributed by atoms with Crippen molar-refractivity contribution in [2.75, 3.05) is 12.4 Å². The standard InChI is InChI=1S/C19H17N5O4/c1-27-17-9-13(7-8-16(17)28-11-12-5-3-2-4-6-12)15-10-14(18(25)26)20-19-21-22-23-24(15)19/h2-10,15H,11H2,1H3,(H,25,26)(H,20,21,23). The molecular formula is C19H17N5O4. The van der Waals surface area contributed by atoms with Gasteiger partial charge in [0.05, 0.1) is 7.11 Å². The van der Waals surface area contributed by atoms with Gasteiger partial charge in [0.15, 0.2) is 11.5 Å². The number of hydrogen-bond donors (Lipinski definition) is 2. The third kappa shape index (κ3) is 3.37. The molecular weight excluding hydrogens is 362 g/mol. The van der Waals surface area contributed by atoms with Crippen LogP contribution in [0.4, 0.5) is 5.95 Å². The summed E-state index contributed by atoms with van der Waals surface area (Å²) in [4.78, 5) is 11.4. The number of carboxylic acids is 1. The number of tetrazole rings is 1. The monoisotopic (exact) mass is 379 g/mol. The molecule has 1 atom stereocenters. The topological polar surface area (TPSA) is 111 Å². The van der Waals surface area contributed by atoms with E-state index in [9.17, 15) is 9.90 Å². The summed E-state index contributed by atoms with van der Waals surface area (Å²) in [5.74, 6) is 0.289. The Morgan fingerprint density at radius 3 is 2.79 bits per heavy atom. The summed E-state index contributed by atoms with van der Waals surface area (Å²) in [5.41, 5.74) is 1.81. The highest BCUT2D eigenvalue weighted by Gasteiger charge is 2.27. The van der Waals surface area contributed by atoms with Gasteiger partial charge in [-0.3, -0.25) is 0 Å². The second-order valence-electron chi connectivity index (χ2n) is 6.09. The predicted molar refractivity (Wildman–Crippen MR) is 99.1 cm³/mol. The lowest BCUT2D eigenvalue weighted by molar-refractivity contribution is -0.132. The molecule has 4 rings (SSSR count). The van der Waals surface area contributed by atoms with Crippen molar-refractivity contribution in [1.82, 2.24) is 20.2 Å². The van der Waals surface area contributed by atoms with Gasteiger partial charge in [0.1, 0.15) is 18.3 Å². The molecule has 2 N–H and O–H groups in total. The summed E-state index contributed by atoms with van der Waals surface area (Å²) in [5, 5.41) is 23.4. The van der Waals surface area contributed by atoms with E-state index in [1.807, 2.05) is 36.4 Å². The maximum absolute atomic E-state index is 11.4. The lowest BCUT2D eigenvalue weighted by atomic mass is 10.0. The van der Waals surface area contributed by atoms with E-state index >= 15 is 0 Å². The van der Waals surface area contributed by atoms with Gasteiger partial charge in [-0.05, 0) is 39.8 Å². The lowest BCUT2D eigenvalue weighted by Crippen LogP contribution is -2.24. The molecule has 0 saturated heterocycles. The number of fused-ring (bicyclic) bond motifs is 1. The SMILES string of the molecule is COc1cc(C2C=C(C(=O)O)Nc3nnnn32)ccc1OCc1ccccc1. The van der Waals surface area contributed by atoms with Crippen molar-refractivity contribution in [1.29, 1.82) is 0 Å². The van der Waals surface area contributed by atoms with E-state index in [1.165, 1.54) is 4.68 Å². The summed E-state index contributed by atoms with van der Waals surface area (Å²) in [6, 6.07) is 14.7. The number of allylic oxidation sites excluding steroid dienone is 1. The first-order valence-corrected chi connectivity index (χ1v) is 8.50. The van der Waals surface area contributed by atoms with Gasteiger partial charge in [0.2, 0.25) is 5.95 Å². The third-order valence-corrected chi connectivity index (χ3v) is 4.32. The summed E-state index contributed by atoms with van der Waals surface area (Å²) in [6.07, 6.45) is 1.55. The van der Waals surface area contributed by atoms with Gasteiger partial charge < -0.3 is 19.9 Å². The Bertz CT molecular complexity index is 1030. The van der Waals surface area contributed by atoms with Crippen molar-refractivity contribution < 1.29 is 19.4 Å². The van der Waals surface area contributed by atoms with Gasteiger partial charge in [-0.25, -0.2) is 4.79 Å². The average molecular weight is 379 g/mol. The van der Waals surface area contributed by atoms with E-state index in [1.54, 1.807) is 25.3 Å². The Labute approximate surface area is 160 Å². The quantitative estimate of drug-likeness (QED) is 0.671. The Morgan fingerprint density at radius 2 is 2.04 bits per heavy atom. The molecule has 9 nitrogen and oxygen atoms in total. The zero-order valence-electron chi connectivity index (χ0n) is 14.9. The molecule has 0 amide bonds. The summed E-state index contributed by atoms with van der Waals surface area (Å²) in [7, 11) is 1.55. The fraction of sp³-hybridized carbons (Fsp3) is 0.158. The van der Waals surface area contributed by atoms with Crippen molar-refractivity contribution in [3.63, 3.8) is 0 Å². The molecule has 3 aromatic rings. The number of aromatic nitrogens is 4. The highest BCUT2D eigenvalue weighted by Crippen LogP contribution is 2.34. The van der Waals surface area contributed by atoms with E-state index in [2.05, 4.69) is 20.8 Å². The van der Waals surface area contributed by atoms with Crippen LogP contribution in [0.25, 0.3) is 0 Å². The Morgan fingerprint density at radius 1 is 1.21 bits per heavy atom. The number of rotatable bonds is 6. The number of methoxy groups -OCH3 is 1. The van der Waals surface area contributed by atoms with Crippen molar-refractivity contribution in [3.8, 4) is 11.5 Å². The largest absolute Gasteiger partial charge is 0.493 e. The summed E-state index contributed by atoms with van der Waals surface area (Å²) >= 11 is 0. The van der Waals surface area contributed by atoms with Crippen molar-refractivity contribution in [3.05, 3.63) is 71.4 Å². The molecule has 0 saturated carbocycles. The van der Waals surface area contributed by atoms with Crippen LogP contribution in [0.1, 0.15) is 17.2 Å². The molecule has 2 heterocycles. The molecule has 1 unspecified atom stereocenters. The first kappa shape index (κ1) is 17.5. The number of benzene rings is 2. The highest BCUT2D eigenvalue weighted by atomic mass is 16.5. The number of hydrogen-bond acceptors (Lipinski definition) is 7. The molecule has 1 aliphatic rings. The summed E-state index contributed by atoms with van der Waals surface area (Å²) < 4.78 is 12.9. The maximum atomic E-state index is 11.4. The Kier molecular flexibility index (Phi) is 4.63. The number of nitrogens with zero attached hydrogens (tertiary/aromatic N) is 4. The molecule has 142 valence electrons. The van der Waals surface area contributed by atoms with Crippen LogP contribution < -0.4 is 14.8 Å². The number of carboxylic acid groups (broad SMARTS) is 1. The van der Waals surface area contributed by atoms with Crippen LogP contribution in [0, 0.1) is 0 Å². The van der Waals surface area contributed by atoms with Crippen LogP contribution in [-0.4, -0.2) is 38.4 Å². The molecule has 28 heavy (non-hydrogen) atoms. The smallest absolute Gasteiger partial charge is 0.352 e. The van der Waals surface area contributed by atoms with Gasteiger partial charge in [0, 0.05) is 0 Å². The Balaban J connectivity index is 1.63. The van der Waals surface area contributed by atoms with E-state index in [0.29, 0.717) is 18.1 Å². The molecule has 1 aliphatic heterocycles.